The van der Waals surface area contributed by atoms with Gasteiger partial charge in [-0.1, -0.05) is 20.8 Å². The zero-order valence-electron chi connectivity index (χ0n) is 10.1. The van der Waals surface area contributed by atoms with Gasteiger partial charge in [-0.3, -0.25) is 4.79 Å². The molecule has 1 rings (SSSR count). The minimum Gasteiger partial charge on any atom is -0.459 e. The summed E-state index contributed by atoms with van der Waals surface area (Å²) in [7, 11) is 0. The van der Waals surface area contributed by atoms with Gasteiger partial charge in [-0.15, -0.1) is 0 Å². The van der Waals surface area contributed by atoms with E-state index < -0.39 is 6.10 Å². The van der Waals surface area contributed by atoms with Gasteiger partial charge in [-0.25, -0.2) is 0 Å². The standard InChI is InChI=1S/C12H22O3/c1-7(2)10-6-5-8(3)11(14)12(10)15-9(4)13/h7-8,10-12,14H,5-6H2,1-4H3/t8-,10+,11+,12+/m1/s1. The van der Waals surface area contributed by atoms with Crippen molar-refractivity contribution in [1.82, 2.24) is 0 Å². The van der Waals surface area contributed by atoms with Crippen LogP contribution in [0.3, 0.4) is 0 Å². The molecule has 0 aromatic carbocycles. The molecular weight excluding hydrogens is 192 g/mol. The van der Waals surface area contributed by atoms with Crippen LogP contribution in [0.15, 0.2) is 0 Å². The molecule has 1 aliphatic carbocycles. The van der Waals surface area contributed by atoms with Gasteiger partial charge in [-0.2, -0.15) is 0 Å². The van der Waals surface area contributed by atoms with Crippen LogP contribution < -0.4 is 0 Å². The Bertz CT molecular complexity index is 225. The Morgan fingerprint density at radius 1 is 1.40 bits per heavy atom. The summed E-state index contributed by atoms with van der Waals surface area (Å²) in [6.07, 6.45) is 1.23. The van der Waals surface area contributed by atoms with E-state index in [2.05, 4.69) is 13.8 Å². The summed E-state index contributed by atoms with van der Waals surface area (Å²) >= 11 is 0. The number of hydrogen-bond acceptors (Lipinski definition) is 3. The van der Waals surface area contributed by atoms with Gasteiger partial charge >= 0.3 is 5.97 Å². The van der Waals surface area contributed by atoms with E-state index in [1.54, 1.807) is 0 Å². The van der Waals surface area contributed by atoms with Crippen molar-refractivity contribution in [1.29, 1.82) is 0 Å². The Morgan fingerprint density at radius 2 is 2.00 bits per heavy atom. The van der Waals surface area contributed by atoms with Crippen molar-refractivity contribution in [3.05, 3.63) is 0 Å². The van der Waals surface area contributed by atoms with Crippen molar-refractivity contribution in [3.8, 4) is 0 Å². The zero-order chi connectivity index (χ0) is 11.6. The van der Waals surface area contributed by atoms with E-state index in [1.807, 2.05) is 6.92 Å². The maximum absolute atomic E-state index is 11.0. The Morgan fingerprint density at radius 3 is 2.47 bits per heavy atom. The molecule has 0 aliphatic heterocycles. The molecule has 3 nitrogen and oxygen atoms in total. The molecule has 0 aromatic heterocycles. The first-order valence-electron chi connectivity index (χ1n) is 5.78. The van der Waals surface area contributed by atoms with Crippen LogP contribution in [0.2, 0.25) is 0 Å². The number of carbonyl (C=O) groups excluding carboxylic acids is 1. The van der Waals surface area contributed by atoms with Crippen molar-refractivity contribution >= 4 is 5.97 Å². The van der Waals surface area contributed by atoms with Crippen molar-refractivity contribution in [2.24, 2.45) is 17.8 Å². The second-order valence-electron chi connectivity index (χ2n) is 5.03. The van der Waals surface area contributed by atoms with Crippen molar-refractivity contribution in [2.45, 2.75) is 52.7 Å². The molecule has 0 amide bonds. The predicted octanol–water partition coefficient (Wildman–Crippen LogP) is 1.98. The fourth-order valence-corrected chi connectivity index (χ4v) is 2.43. The molecule has 1 N–H and O–H groups in total. The third kappa shape index (κ3) is 2.94. The lowest BCUT2D eigenvalue weighted by molar-refractivity contribution is -0.166. The van der Waals surface area contributed by atoms with E-state index in [4.69, 9.17) is 4.74 Å². The van der Waals surface area contributed by atoms with E-state index in [1.165, 1.54) is 6.92 Å². The van der Waals surface area contributed by atoms with Gasteiger partial charge in [0.1, 0.15) is 6.10 Å². The molecule has 1 saturated carbocycles. The van der Waals surface area contributed by atoms with Crippen LogP contribution in [-0.2, 0) is 9.53 Å². The van der Waals surface area contributed by atoms with Gasteiger partial charge in [0.05, 0.1) is 6.10 Å². The summed E-state index contributed by atoms with van der Waals surface area (Å²) in [6.45, 7) is 7.65. The molecule has 0 spiro atoms. The molecule has 3 heteroatoms. The van der Waals surface area contributed by atoms with Crippen LogP contribution in [0.25, 0.3) is 0 Å². The second-order valence-corrected chi connectivity index (χ2v) is 5.03. The molecule has 0 saturated heterocycles. The fraction of sp³-hybridized carbons (Fsp3) is 0.917. The molecule has 0 heterocycles. The number of aliphatic hydroxyl groups excluding tert-OH is 1. The highest BCUT2D eigenvalue weighted by molar-refractivity contribution is 5.66. The average molecular weight is 214 g/mol. The Labute approximate surface area is 91.8 Å². The Balaban J connectivity index is 2.74. The summed E-state index contributed by atoms with van der Waals surface area (Å²) in [5.41, 5.74) is 0. The lowest BCUT2D eigenvalue weighted by Crippen LogP contribution is -2.46. The van der Waals surface area contributed by atoms with E-state index in [0.717, 1.165) is 12.8 Å². The lowest BCUT2D eigenvalue weighted by Gasteiger charge is -2.40. The highest BCUT2D eigenvalue weighted by atomic mass is 16.6. The van der Waals surface area contributed by atoms with E-state index in [9.17, 15) is 9.90 Å². The topological polar surface area (TPSA) is 46.5 Å². The van der Waals surface area contributed by atoms with Crippen LogP contribution in [0, 0.1) is 17.8 Å². The second kappa shape index (κ2) is 4.97. The van der Waals surface area contributed by atoms with Crippen molar-refractivity contribution in [3.63, 3.8) is 0 Å². The number of aliphatic hydroxyl groups is 1. The summed E-state index contributed by atoms with van der Waals surface area (Å²) < 4.78 is 5.26. The van der Waals surface area contributed by atoms with Crippen molar-refractivity contribution < 1.29 is 14.6 Å². The van der Waals surface area contributed by atoms with Crippen LogP contribution in [-0.4, -0.2) is 23.3 Å². The Hall–Kier alpha value is -0.570. The number of hydrogen-bond donors (Lipinski definition) is 1. The Kier molecular flexibility index (Phi) is 4.14. The minimum absolute atomic E-state index is 0.226. The third-order valence-corrected chi connectivity index (χ3v) is 3.46. The summed E-state index contributed by atoms with van der Waals surface area (Å²) in [5.74, 6) is 0.666. The number of esters is 1. The van der Waals surface area contributed by atoms with E-state index in [0.29, 0.717) is 11.8 Å². The van der Waals surface area contributed by atoms with Crippen LogP contribution in [0.1, 0.15) is 40.5 Å². The molecule has 0 unspecified atom stereocenters. The first-order chi connectivity index (χ1) is 6.93. The smallest absolute Gasteiger partial charge is 0.303 e. The van der Waals surface area contributed by atoms with Gasteiger partial charge in [0, 0.05) is 12.8 Å². The minimum atomic E-state index is -0.505. The molecule has 0 bridgehead atoms. The normalized spacial score (nSPS) is 36.7. The molecule has 1 fully saturated rings. The summed E-state index contributed by atoms with van der Waals surface area (Å²) in [4.78, 5) is 11.0. The largest absolute Gasteiger partial charge is 0.459 e. The third-order valence-electron chi connectivity index (χ3n) is 3.46. The van der Waals surface area contributed by atoms with E-state index in [-0.39, 0.29) is 18.0 Å². The first kappa shape index (κ1) is 12.5. The van der Waals surface area contributed by atoms with Gasteiger partial charge in [0.25, 0.3) is 0 Å². The average Bonchev–Trinajstić information content (AvgIpc) is 2.12. The fourth-order valence-electron chi connectivity index (χ4n) is 2.43. The molecule has 0 aromatic rings. The van der Waals surface area contributed by atoms with Gasteiger partial charge in [0.2, 0.25) is 0 Å². The number of carbonyl (C=O) groups is 1. The zero-order valence-corrected chi connectivity index (χ0v) is 10.1. The molecule has 1 aliphatic rings. The number of ether oxygens (including phenoxy) is 1. The van der Waals surface area contributed by atoms with Crippen LogP contribution in [0.5, 0.6) is 0 Å². The molecule has 88 valence electrons. The van der Waals surface area contributed by atoms with Gasteiger partial charge in [0.15, 0.2) is 0 Å². The van der Waals surface area contributed by atoms with Crippen LogP contribution >= 0.6 is 0 Å². The maximum atomic E-state index is 11.0. The highest BCUT2D eigenvalue weighted by Crippen LogP contribution is 2.35. The van der Waals surface area contributed by atoms with E-state index >= 15 is 0 Å². The summed E-state index contributed by atoms with van der Waals surface area (Å²) in [5, 5.41) is 10.0. The predicted molar refractivity (Wildman–Crippen MR) is 58.3 cm³/mol. The van der Waals surface area contributed by atoms with Gasteiger partial charge in [-0.05, 0) is 24.7 Å². The maximum Gasteiger partial charge on any atom is 0.303 e. The quantitative estimate of drug-likeness (QED) is 0.715. The number of rotatable bonds is 2. The van der Waals surface area contributed by atoms with Crippen LogP contribution in [0.4, 0.5) is 0 Å². The highest BCUT2D eigenvalue weighted by Gasteiger charge is 2.39. The van der Waals surface area contributed by atoms with Crippen molar-refractivity contribution in [2.75, 3.05) is 0 Å². The summed E-state index contributed by atoms with van der Waals surface area (Å²) in [6, 6.07) is 0. The molecule has 0 radical (unpaired) electrons. The first-order valence-corrected chi connectivity index (χ1v) is 5.78. The molecule has 4 atom stereocenters. The molecule has 15 heavy (non-hydrogen) atoms. The van der Waals surface area contributed by atoms with Gasteiger partial charge < -0.3 is 9.84 Å². The SMILES string of the molecule is CC(=O)O[C@@H]1[C@@H](O)[C@H](C)CC[C@H]1C(C)C. The molecular formula is C12H22O3. The monoisotopic (exact) mass is 214 g/mol. The lowest BCUT2D eigenvalue weighted by atomic mass is 9.73.